The molecule has 0 aliphatic carbocycles. The second kappa shape index (κ2) is 5.43. The quantitative estimate of drug-likeness (QED) is 0.747. The van der Waals surface area contributed by atoms with Crippen molar-refractivity contribution < 1.29 is 9.53 Å². The Bertz CT molecular complexity index is 851. The molecular weight excluding hydrogens is 290 g/mol. The predicted octanol–water partition coefficient (Wildman–Crippen LogP) is 2.48. The minimum absolute atomic E-state index is 0.0407. The number of ether oxygens (including phenoxy) is 1. The normalized spacial score (nSPS) is 14.7. The monoisotopic (exact) mass is 307 g/mol. The Balaban J connectivity index is 1.43. The minimum atomic E-state index is -0.0407. The number of aryl methyl sites for hydroxylation is 1. The SMILES string of the molecule is Cn1ccc2ccc(C(=O)N3CC(Oc4ccccc4)C3)nc21. The smallest absolute Gasteiger partial charge is 0.272 e. The second-order valence-corrected chi connectivity index (χ2v) is 5.80. The number of hydrogen-bond donors (Lipinski definition) is 0. The number of nitrogens with zero attached hydrogens (tertiary/aromatic N) is 3. The molecular formula is C18H17N3O2. The Kier molecular flexibility index (Phi) is 3.26. The molecule has 3 aromatic rings. The van der Waals surface area contributed by atoms with Crippen LogP contribution in [0.2, 0.25) is 0 Å². The molecule has 1 fully saturated rings. The summed E-state index contributed by atoms with van der Waals surface area (Å²) >= 11 is 0. The van der Waals surface area contributed by atoms with Crippen molar-refractivity contribution in [3.8, 4) is 5.75 Å². The molecule has 3 heterocycles. The number of carbonyl (C=O) groups excluding carboxylic acids is 1. The Morgan fingerprint density at radius 3 is 2.70 bits per heavy atom. The largest absolute Gasteiger partial charge is 0.487 e. The van der Waals surface area contributed by atoms with E-state index in [-0.39, 0.29) is 12.0 Å². The summed E-state index contributed by atoms with van der Waals surface area (Å²) in [6.45, 7) is 1.20. The fourth-order valence-corrected chi connectivity index (χ4v) is 2.79. The molecule has 2 aromatic heterocycles. The highest BCUT2D eigenvalue weighted by Crippen LogP contribution is 2.20. The third kappa shape index (κ3) is 2.54. The number of rotatable bonds is 3. The van der Waals surface area contributed by atoms with Crippen LogP contribution >= 0.6 is 0 Å². The van der Waals surface area contributed by atoms with Gasteiger partial charge in [0, 0.05) is 18.6 Å². The Morgan fingerprint density at radius 2 is 1.91 bits per heavy atom. The average Bonchev–Trinajstić information content (AvgIpc) is 2.92. The molecule has 4 rings (SSSR count). The van der Waals surface area contributed by atoms with Gasteiger partial charge in [0.2, 0.25) is 0 Å². The molecule has 0 unspecified atom stereocenters. The lowest BCUT2D eigenvalue weighted by Gasteiger charge is -2.38. The van der Waals surface area contributed by atoms with E-state index in [0.29, 0.717) is 18.8 Å². The first-order valence-electron chi connectivity index (χ1n) is 7.64. The van der Waals surface area contributed by atoms with E-state index in [4.69, 9.17) is 4.74 Å². The molecule has 1 aromatic carbocycles. The Labute approximate surface area is 134 Å². The highest BCUT2D eigenvalue weighted by atomic mass is 16.5. The molecule has 0 atom stereocenters. The second-order valence-electron chi connectivity index (χ2n) is 5.80. The van der Waals surface area contributed by atoms with Gasteiger partial charge in [-0.3, -0.25) is 4.79 Å². The molecule has 23 heavy (non-hydrogen) atoms. The number of amides is 1. The van der Waals surface area contributed by atoms with Gasteiger partial charge in [0.1, 0.15) is 23.2 Å². The summed E-state index contributed by atoms with van der Waals surface area (Å²) in [6.07, 6.45) is 2.00. The number of carbonyl (C=O) groups is 1. The number of benzene rings is 1. The van der Waals surface area contributed by atoms with Gasteiger partial charge in [0.05, 0.1) is 13.1 Å². The van der Waals surface area contributed by atoms with Gasteiger partial charge >= 0.3 is 0 Å². The number of hydrogen-bond acceptors (Lipinski definition) is 3. The van der Waals surface area contributed by atoms with E-state index in [2.05, 4.69) is 4.98 Å². The van der Waals surface area contributed by atoms with Gasteiger partial charge < -0.3 is 14.2 Å². The number of para-hydroxylation sites is 1. The lowest BCUT2D eigenvalue weighted by molar-refractivity contribution is 0.0174. The number of likely N-dealkylation sites (tertiary alicyclic amines) is 1. The van der Waals surface area contributed by atoms with Gasteiger partial charge in [-0.05, 0) is 30.3 Å². The van der Waals surface area contributed by atoms with Crippen LogP contribution in [0.25, 0.3) is 11.0 Å². The number of fused-ring (bicyclic) bond motifs is 1. The predicted molar refractivity (Wildman–Crippen MR) is 87.5 cm³/mol. The summed E-state index contributed by atoms with van der Waals surface area (Å²) in [4.78, 5) is 18.7. The van der Waals surface area contributed by atoms with Crippen LogP contribution in [0.1, 0.15) is 10.5 Å². The van der Waals surface area contributed by atoms with Gasteiger partial charge in [-0.2, -0.15) is 0 Å². The first-order chi connectivity index (χ1) is 11.2. The summed E-state index contributed by atoms with van der Waals surface area (Å²) in [7, 11) is 1.93. The average molecular weight is 307 g/mol. The zero-order valence-electron chi connectivity index (χ0n) is 12.8. The van der Waals surface area contributed by atoms with E-state index < -0.39 is 0 Å². The Hall–Kier alpha value is -2.82. The highest BCUT2D eigenvalue weighted by molar-refractivity contribution is 5.95. The fraction of sp³-hybridized carbons (Fsp3) is 0.222. The van der Waals surface area contributed by atoms with E-state index in [1.165, 1.54) is 0 Å². The van der Waals surface area contributed by atoms with E-state index in [9.17, 15) is 4.79 Å². The third-order valence-corrected chi connectivity index (χ3v) is 4.12. The molecule has 1 aliphatic heterocycles. The molecule has 0 saturated carbocycles. The topological polar surface area (TPSA) is 47.4 Å². The maximum absolute atomic E-state index is 12.5. The maximum Gasteiger partial charge on any atom is 0.272 e. The van der Waals surface area contributed by atoms with Crippen molar-refractivity contribution in [1.29, 1.82) is 0 Å². The van der Waals surface area contributed by atoms with Crippen LogP contribution in [-0.2, 0) is 7.05 Å². The summed E-state index contributed by atoms with van der Waals surface area (Å²) in [5, 5.41) is 1.04. The first kappa shape index (κ1) is 13.8. The van der Waals surface area contributed by atoms with E-state index in [1.54, 1.807) is 11.0 Å². The van der Waals surface area contributed by atoms with Crippen molar-refractivity contribution in [1.82, 2.24) is 14.5 Å². The van der Waals surface area contributed by atoms with Gasteiger partial charge in [-0.1, -0.05) is 18.2 Å². The lowest BCUT2D eigenvalue weighted by Crippen LogP contribution is -2.56. The molecule has 1 amide bonds. The van der Waals surface area contributed by atoms with Crippen molar-refractivity contribution in [3.05, 3.63) is 60.4 Å². The van der Waals surface area contributed by atoms with Crippen molar-refractivity contribution in [2.24, 2.45) is 7.05 Å². The standard InChI is InChI=1S/C18H17N3O2/c1-20-10-9-13-7-8-16(19-17(13)20)18(22)21-11-15(12-21)23-14-5-3-2-4-6-14/h2-10,15H,11-12H2,1H3. The molecule has 0 N–H and O–H groups in total. The van der Waals surface area contributed by atoms with Crippen LogP contribution < -0.4 is 4.74 Å². The minimum Gasteiger partial charge on any atom is -0.487 e. The molecule has 0 radical (unpaired) electrons. The van der Waals surface area contributed by atoms with Crippen LogP contribution in [0.5, 0.6) is 5.75 Å². The van der Waals surface area contributed by atoms with Crippen molar-refractivity contribution in [3.63, 3.8) is 0 Å². The van der Waals surface area contributed by atoms with Gasteiger partial charge in [0.15, 0.2) is 0 Å². The highest BCUT2D eigenvalue weighted by Gasteiger charge is 2.33. The van der Waals surface area contributed by atoms with Gasteiger partial charge in [0.25, 0.3) is 5.91 Å². The maximum atomic E-state index is 12.5. The zero-order valence-corrected chi connectivity index (χ0v) is 12.8. The molecule has 0 bridgehead atoms. The zero-order chi connectivity index (χ0) is 15.8. The van der Waals surface area contributed by atoms with Crippen LogP contribution in [0.3, 0.4) is 0 Å². The van der Waals surface area contributed by atoms with E-state index >= 15 is 0 Å². The summed E-state index contributed by atoms with van der Waals surface area (Å²) in [5.41, 5.74) is 1.31. The van der Waals surface area contributed by atoms with E-state index in [1.807, 2.05) is 60.3 Å². The molecule has 5 nitrogen and oxygen atoms in total. The van der Waals surface area contributed by atoms with Crippen LogP contribution in [0.15, 0.2) is 54.7 Å². The van der Waals surface area contributed by atoms with Crippen molar-refractivity contribution >= 4 is 16.9 Å². The van der Waals surface area contributed by atoms with Crippen LogP contribution in [-0.4, -0.2) is 39.6 Å². The van der Waals surface area contributed by atoms with Gasteiger partial charge in [-0.25, -0.2) is 4.98 Å². The summed E-state index contributed by atoms with van der Waals surface area (Å²) in [6, 6.07) is 15.4. The number of pyridine rings is 1. The fourth-order valence-electron chi connectivity index (χ4n) is 2.79. The summed E-state index contributed by atoms with van der Waals surface area (Å²) < 4.78 is 7.75. The lowest BCUT2D eigenvalue weighted by atomic mass is 10.1. The molecule has 0 spiro atoms. The Morgan fingerprint density at radius 1 is 1.13 bits per heavy atom. The summed E-state index contributed by atoms with van der Waals surface area (Å²) in [5.74, 6) is 0.800. The number of aromatic nitrogens is 2. The third-order valence-electron chi connectivity index (χ3n) is 4.12. The van der Waals surface area contributed by atoms with Crippen LogP contribution in [0, 0.1) is 0 Å². The molecule has 5 heteroatoms. The molecule has 116 valence electrons. The first-order valence-corrected chi connectivity index (χ1v) is 7.64. The van der Waals surface area contributed by atoms with Crippen LogP contribution in [0.4, 0.5) is 0 Å². The van der Waals surface area contributed by atoms with Crippen molar-refractivity contribution in [2.45, 2.75) is 6.10 Å². The molecule has 1 saturated heterocycles. The van der Waals surface area contributed by atoms with E-state index in [0.717, 1.165) is 16.8 Å². The molecule has 1 aliphatic rings. The van der Waals surface area contributed by atoms with Gasteiger partial charge in [-0.15, -0.1) is 0 Å². The van der Waals surface area contributed by atoms with Crippen molar-refractivity contribution in [2.75, 3.05) is 13.1 Å².